The molecule has 0 spiro atoms. The van der Waals surface area contributed by atoms with Crippen molar-refractivity contribution in [2.45, 2.75) is 38.9 Å². The lowest BCUT2D eigenvalue weighted by atomic mass is 9.78. The van der Waals surface area contributed by atoms with Crippen LogP contribution in [0, 0.1) is 0 Å². The van der Waals surface area contributed by atoms with Crippen LogP contribution in [-0.2, 0) is 18.4 Å². The molecule has 3 aliphatic heterocycles. The number of hydrogen-bond donors (Lipinski definition) is 0. The van der Waals surface area contributed by atoms with Gasteiger partial charge in [-0.2, -0.15) is 0 Å². The fourth-order valence-corrected chi connectivity index (χ4v) is 22.8. The molecule has 16 aromatic carbocycles. The number of nitrogens with zero attached hydrogens (tertiary/aromatic N) is 4. The van der Waals surface area contributed by atoms with Gasteiger partial charge >= 0.3 is 7.12 Å². The average Bonchev–Trinajstić information content (AvgIpc) is 1.57. The molecule has 5 heterocycles. The average molecular weight is 1680 g/mol. The Morgan fingerprint density at radius 1 is 0.238 bits per heavy atom. The van der Waals surface area contributed by atoms with Crippen molar-refractivity contribution >= 4 is 74.6 Å². The normalized spacial score (nSPS) is 13.9. The monoisotopic (exact) mass is 1670 g/mol. The van der Waals surface area contributed by atoms with Gasteiger partial charge in [0.2, 0.25) is 0 Å². The number of benzene rings is 16. The molecule has 1 saturated heterocycles. The summed E-state index contributed by atoms with van der Waals surface area (Å²) in [4.78, 5) is 20.1. The molecule has 12 heteroatoms. The van der Waals surface area contributed by atoms with Crippen LogP contribution in [0.15, 0.2) is 429 Å². The molecule has 122 heavy (non-hydrogen) atoms. The van der Waals surface area contributed by atoms with Crippen molar-refractivity contribution in [3.63, 3.8) is 0 Å². The fourth-order valence-electron chi connectivity index (χ4n) is 16.4. The molecule has 2 aromatic heterocycles. The second-order valence-corrected chi connectivity index (χ2v) is 38.1. The summed E-state index contributed by atoms with van der Waals surface area (Å²) in [5, 5.41) is 5.51. The summed E-state index contributed by atoms with van der Waals surface area (Å²) in [5.74, 6) is 1.40. The molecule has 21 rings (SSSR count). The Morgan fingerprint density at radius 3 is 0.713 bits per heavy atom. The molecule has 0 saturated carbocycles. The van der Waals surface area contributed by atoms with Gasteiger partial charge in [-0.25, -0.2) is 19.9 Å². The van der Waals surface area contributed by atoms with E-state index >= 15 is 0 Å². The van der Waals surface area contributed by atoms with Crippen LogP contribution in [0.4, 0.5) is 0 Å². The zero-order valence-electron chi connectivity index (χ0n) is 67.7. The third-order valence-electron chi connectivity index (χ3n) is 23.7. The first-order valence-corrected chi connectivity index (χ1v) is 45.2. The molecule has 8 nitrogen and oxygen atoms in total. The quantitative estimate of drug-likeness (QED) is 0.0783. The molecule has 18 aromatic rings. The number of rotatable bonds is 14. The van der Waals surface area contributed by atoms with Crippen LogP contribution in [0.25, 0.3) is 146 Å². The molecule has 0 aliphatic carbocycles. The molecule has 586 valence electrons. The van der Waals surface area contributed by atoms with Crippen LogP contribution in [0.5, 0.6) is 0 Å². The van der Waals surface area contributed by atoms with Gasteiger partial charge in [-0.1, -0.05) is 404 Å². The molecule has 3 aliphatic rings. The standard InChI is InChI=1S/C52H35N2OP.C40H35BN2O2.C18H12BrOP/c55-56(50-17-9-7-15-46(50)47-16-8-10-18-51(47)56)45-33-31-41(32-34-45)39-21-19-38(20-22-39)40-25-29-43(30-26-40)49-35-48(53-52(54-49)44-13-5-2-6-14-44)42-27-23-37(24-28-42)36-11-3-1-4-12-36;1-39(2)40(3,4)45-41(44-39)35-25-23-31(24-26-35)30-17-21-33(22-18-30)37-27-36(42-38(43-37)34-13-9-6-10-14-34)32-19-15-29(16-20-32)28-11-7-5-8-12-28;19-13-9-11-14(12-10-13)21(20)17-7-3-1-5-15(17)16-6-2-4-8-18(16)21/h1-35H;5-27H,1-4H3;1-12H. The van der Waals surface area contributed by atoms with E-state index in [1.807, 2.05) is 158 Å². The molecule has 0 atom stereocenters. The van der Waals surface area contributed by atoms with Crippen LogP contribution < -0.4 is 37.3 Å². The maximum absolute atomic E-state index is 14.8. The maximum Gasteiger partial charge on any atom is 0.494 e. The zero-order valence-corrected chi connectivity index (χ0v) is 71.1. The topological polar surface area (TPSA) is 104 Å². The van der Waals surface area contributed by atoms with Crippen LogP contribution in [0.2, 0.25) is 0 Å². The summed E-state index contributed by atoms with van der Waals surface area (Å²) < 4.78 is 42.3. The minimum Gasteiger partial charge on any atom is -0.399 e. The van der Waals surface area contributed by atoms with Crippen LogP contribution in [-0.4, -0.2) is 38.3 Å². The van der Waals surface area contributed by atoms with Gasteiger partial charge in [-0.3, -0.25) is 0 Å². The van der Waals surface area contributed by atoms with Gasteiger partial charge in [0.05, 0.1) is 34.0 Å². The molecule has 0 amide bonds. The van der Waals surface area contributed by atoms with E-state index in [0.717, 1.165) is 154 Å². The van der Waals surface area contributed by atoms with E-state index in [1.54, 1.807) is 0 Å². The highest BCUT2D eigenvalue weighted by molar-refractivity contribution is 9.10. The Hall–Kier alpha value is -13.4. The Kier molecular flexibility index (Phi) is 21.4. The lowest BCUT2D eigenvalue weighted by Gasteiger charge is -2.32. The lowest BCUT2D eigenvalue weighted by Crippen LogP contribution is -2.41. The van der Waals surface area contributed by atoms with E-state index in [4.69, 9.17) is 29.2 Å². The largest absolute Gasteiger partial charge is 0.494 e. The van der Waals surface area contributed by atoms with Gasteiger partial charge in [0.1, 0.15) is 0 Å². The minimum atomic E-state index is -2.95. The Morgan fingerprint density at radius 2 is 0.443 bits per heavy atom. The third-order valence-corrected chi connectivity index (χ3v) is 30.6. The Bertz CT molecular complexity index is 6840. The van der Waals surface area contributed by atoms with Crippen LogP contribution in [0.1, 0.15) is 27.7 Å². The number of aromatic nitrogens is 4. The van der Waals surface area contributed by atoms with Crippen molar-refractivity contribution in [1.82, 2.24) is 19.9 Å². The summed E-state index contributed by atoms with van der Waals surface area (Å²) >= 11 is 3.45. The fraction of sp³-hybridized carbons (Fsp3) is 0.0545. The highest BCUT2D eigenvalue weighted by atomic mass is 79.9. The SMILES string of the molecule is CC1(C)OB(c2ccc(-c3ccc(-c4cc(-c5ccc(-c6ccccc6)cc5)nc(-c5ccccc5)n4)cc3)cc2)OC1(C)C.O=P1(c2ccc(-c3ccc(-c4ccc(-c5cc(-c6ccc(-c7ccccc7)cc6)nc(-c6ccccc6)n5)cc4)cc3)cc2)c2ccccc2-c2ccccc21.O=P1(c2ccc(Br)cc2)c2ccccc2-c2ccccc21. The van der Waals surface area contributed by atoms with Gasteiger partial charge in [0.15, 0.2) is 25.9 Å². The number of hydrogen-bond acceptors (Lipinski definition) is 8. The highest BCUT2D eigenvalue weighted by Crippen LogP contribution is 2.54. The number of fused-ring (bicyclic) bond motifs is 6. The lowest BCUT2D eigenvalue weighted by molar-refractivity contribution is 0.00578. The van der Waals surface area contributed by atoms with Crippen molar-refractivity contribution in [3.05, 3.63) is 429 Å². The van der Waals surface area contributed by atoms with Gasteiger partial charge in [-0.05, 0) is 147 Å². The smallest absolute Gasteiger partial charge is 0.399 e. The predicted molar refractivity (Wildman–Crippen MR) is 510 cm³/mol. The van der Waals surface area contributed by atoms with Gasteiger partial charge in [0.25, 0.3) is 0 Å². The van der Waals surface area contributed by atoms with Crippen molar-refractivity contribution in [2.75, 3.05) is 0 Å². The summed E-state index contributed by atoms with van der Waals surface area (Å²) in [5.41, 5.74) is 25.7. The van der Waals surface area contributed by atoms with E-state index in [2.05, 4.69) is 311 Å². The predicted octanol–water partition coefficient (Wildman–Crippen LogP) is 25.3. The van der Waals surface area contributed by atoms with Gasteiger partial charge < -0.3 is 18.4 Å². The first-order chi connectivity index (χ1) is 59.6. The van der Waals surface area contributed by atoms with E-state index < -0.39 is 14.3 Å². The molecule has 0 radical (unpaired) electrons. The molecule has 0 bridgehead atoms. The van der Waals surface area contributed by atoms with Crippen LogP contribution in [0.3, 0.4) is 0 Å². The first-order valence-electron chi connectivity index (χ1n) is 41.0. The summed E-state index contributed by atoms with van der Waals surface area (Å²) in [6.45, 7) is 8.31. The third kappa shape index (κ3) is 15.4. The second-order valence-electron chi connectivity index (χ2n) is 31.8. The molecule has 1 fully saturated rings. The molecule has 0 N–H and O–H groups in total. The van der Waals surface area contributed by atoms with Crippen molar-refractivity contribution < 1.29 is 18.4 Å². The second kappa shape index (κ2) is 33.3. The first kappa shape index (κ1) is 78.5. The highest BCUT2D eigenvalue weighted by Gasteiger charge is 2.52. The van der Waals surface area contributed by atoms with E-state index in [9.17, 15) is 9.13 Å². The zero-order chi connectivity index (χ0) is 82.9. The van der Waals surface area contributed by atoms with Crippen molar-refractivity contribution in [2.24, 2.45) is 0 Å². The Labute approximate surface area is 721 Å². The van der Waals surface area contributed by atoms with E-state index in [1.165, 1.54) is 22.3 Å². The van der Waals surface area contributed by atoms with Crippen molar-refractivity contribution in [3.8, 4) is 146 Å². The maximum atomic E-state index is 14.8. The summed E-state index contributed by atoms with van der Waals surface area (Å²) in [7, 11) is -6.06. The Balaban J connectivity index is 0.000000132. The summed E-state index contributed by atoms with van der Waals surface area (Å²) in [6, 6.07) is 145. The molecular weight excluding hydrogens is 1590 g/mol. The van der Waals surface area contributed by atoms with Crippen molar-refractivity contribution in [1.29, 1.82) is 0 Å². The number of halogens is 1. The van der Waals surface area contributed by atoms with E-state index in [-0.39, 0.29) is 18.3 Å². The minimum absolute atomic E-state index is 0.362. The van der Waals surface area contributed by atoms with E-state index in [0.29, 0.717) is 11.6 Å². The van der Waals surface area contributed by atoms with Crippen LogP contribution >= 0.6 is 30.2 Å². The molecule has 0 unspecified atom stereocenters. The van der Waals surface area contributed by atoms with Gasteiger partial charge in [0, 0.05) is 69.7 Å². The summed E-state index contributed by atoms with van der Waals surface area (Å²) in [6.07, 6.45) is 0. The van der Waals surface area contributed by atoms with Gasteiger partial charge in [-0.15, -0.1) is 0 Å². The molecular formula is C110H82BBrN4O4P2.